The van der Waals surface area contributed by atoms with Crippen molar-refractivity contribution in [1.29, 1.82) is 0 Å². The molecule has 0 amide bonds. The van der Waals surface area contributed by atoms with Gasteiger partial charge in [0.15, 0.2) is 0 Å². The van der Waals surface area contributed by atoms with Gasteiger partial charge in [-0.15, -0.1) is 11.3 Å². The topological polar surface area (TPSA) is 61.6 Å². The molecule has 7 heteroatoms. The molecule has 0 N–H and O–H groups in total. The first-order chi connectivity index (χ1) is 12.1. The lowest BCUT2D eigenvalue weighted by molar-refractivity contribution is -0.143. The van der Waals surface area contributed by atoms with Crippen LogP contribution < -0.4 is 4.74 Å². The molecular formula is C18H16BrNO4S. The number of nitrogens with zero attached hydrogens (tertiary/aromatic N) is 1. The molecule has 0 bridgehead atoms. The number of hydrogen-bond donors (Lipinski definition) is 0. The van der Waals surface area contributed by atoms with Gasteiger partial charge in [0, 0.05) is 4.47 Å². The average molecular weight is 422 g/mol. The minimum atomic E-state index is -0.353. The Hall–Kier alpha value is -2.12. The van der Waals surface area contributed by atoms with E-state index in [2.05, 4.69) is 20.9 Å². The minimum absolute atomic E-state index is 0.0823. The number of halogens is 1. The largest absolute Gasteiger partial charge is 0.490 e. The summed E-state index contributed by atoms with van der Waals surface area (Å²) >= 11 is 4.90. The first-order valence-electron chi connectivity index (χ1n) is 7.66. The molecule has 0 radical (unpaired) electrons. The number of benzene rings is 1. The Bertz CT molecular complexity index is 827. The molecular weight excluding hydrogens is 406 g/mol. The quantitative estimate of drug-likeness (QED) is 0.410. The fourth-order valence-electron chi connectivity index (χ4n) is 2.13. The van der Waals surface area contributed by atoms with Crippen molar-refractivity contribution in [3.05, 3.63) is 57.7 Å². The predicted octanol–water partition coefficient (Wildman–Crippen LogP) is 4.64. The molecule has 2 heterocycles. The average Bonchev–Trinajstić information content (AvgIpc) is 3.24. The van der Waals surface area contributed by atoms with Crippen molar-refractivity contribution in [3.63, 3.8) is 0 Å². The molecule has 0 spiro atoms. The first-order valence-corrected chi connectivity index (χ1v) is 9.33. The molecule has 0 aliphatic rings. The Kier molecular flexibility index (Phi) is 5.88. The van der Waals surface area contributed by atoms with Crippen LogP contribution in [0, 0.1) is 6.92 Å². The van der Waals surface area contributed by atoms with Crippen LogP contribution in [0.5, 0.6) is 5.75 Å². The van der Waals surface area contributed by atoms with E-state index in [0.717, 1.165) is 15.1 Å². The van der Waals surface area contributed by atoms with Crippen LogP contribution in [0.2, 0.25) is 0 Å². The van der Waals surface area contributed by atoms with E-state index in [1.165, 1.54) is 0 Å². The molecule has 0 fully saturated rings. The number of rotatable bonds is 7. The van der Waals surface area contributed by atoms with Crippen molar-refractivity contribution >= 4 is 33.2 Å². The number of carbonyl (C=O) groups excluding carboxylic acids is 1. The fraction of sp³-hybridized carbons (Fsp3) is 0.222. The zero-order chi connectivity index (χ0) is 17.6. The van der Waals surface area contributed by atoms with Gasteiger partial charge in [-0.25, -0.2) is 4.98 Å². The van der Waals surface area contributed by atoms with E-state index in [1.54, 1.807) is 18.3 Å². The molecule has 3 aromatic rings. The van der Waals surface area contributed by atoms with Crippen molar-refractivity contribution < 1.29 is 18.7 Å². The summed E-state index contributed by atoms with van der Waals surface area (Å²) in [6.07, 6.45) is 0.0823. The highest BCUT2D eigenvalue weighted by molar-refractivity contribution is 9.10. The number of esters is 1. The van der Waals surface area contributed by atoms with E-state index < -0.39 is 0 Å². The van der Waals surface area contributed by atoms with E-state index in [1.807, 2.05) is 41.8 Å². The van der Waals surface area contributed by atoms with Gasteiger partial charge in [-0.3, -0.25) is 4.79 Å². The Morgan fingerprint density at radius 2 is 2.04 bits per heavy atom. The number of aromatic nitrogens is 1. The summed E-state index contributed by atoms with van der Waals surface area (Å²) in [6, 6.07) is 11.3. The Balaban J connectivity index is 1.45. The second kappa shape index (κ2) is 8.31. The summed E-state index contributed by atoms with van der Waals surface area (Å²) in [4.78, 5) is 17.3. The van der Waals surface area contributed by atoms with Gasteiger partial charge < -0.3 is 13.9 Å². The predicted molar refractivity (Wildman–Crippen MR) is 98.9 cm³/mol. The van der Waals surface area contributed by atoms with Gasteiger partial charge in [0.25, 0.3) is 0 Å². The van der Waals surface area contributed by atoms with Crippen LogP contribution in [0.3, 0.4) is 0 Å². The van der Waals surface area contributed by atoms with Gasteiger partial charge in [-0.2, -0.15) is 0 Å². The molecule has 1 aromatic carbocycles. The molecule has 0 unspecified atom stereocenters. The summed E-state index contributed by atoms with van der Waals surface area (Å²) in [5.74, 6) is 1.54. The van der Waals surface area contributed by atoms with Crippen molar-refractivity contribution in [2.24, 2.45) is 0 Å². The molecule has 2 aromatic heterocycles. The lowest BCUT2D eigenvalue weighted by atomic mass is 10.3. The van der Waals surface area contributed by atoms with Crippen LogP contribution in [0.25, 0.3) is 10.8 Å². The van der Waals surface area contributed by atoms with Crippen LogP contribution in [0.1, 0.15) is 11.5 Å². The monoisotopic (exact) mass is 421 g/mol. The molecule has 5 nitrogen and oxygen atoms in total. The van der Waals surface area contributed by atoms with E-state index in [9.17, 15) is 4.79 Å². The first kappa shape index (κ1) is 17.7. The number of carbonyl (C=O) groups is 1. The van der Waals surface area contributed by atoms with E-state index in [4.69, 9.17) is 13.9 Å². The van der Waals surface area contributed by atoms with E-state index >= 15 is 0 Å². The van der Waals surface area contributed by atoms with Gasteiger partial charge in [0.05, 0.1) is 17.0 Å². The van der Waals surface area contributed by atoms with Gasteiger partial charge in [0.2, 0.25) is 5.89 Å². The number of ether oxygens (including phenoxy) is 2. The third-order valence-corrected chi connectivity index (χ3v) is 4.75. The lowest BCUT2D eigenvalue weighted by Gasteiger charge is -2.07. The number of oxazole rings is 1. The Morgan fingerprint density at radius 1 is 1.24 bits per heavy atom. The van der Waals surface area contributed by atoms with E-state index in [-0.39, 0.29) is 19.0 Å². The van der Waals surface area contributed by atoms with Crippen molar-refractivity contribution in [2.45, 2.75) is 13.3 Å². The van der Waals surface area contributed by atoms with Crippen LogP contribution in [-0.4, -0.2) is 24.2 Å². The summed E-state index contributed by atoms with van der Waals surface area (Å²) in [5.41, 5.74) is 0.599. The van der Waals surface area contributed by atoms with Crippen molar-refractivity contribution in [1.82, 2.24) is 4.98 Å². The molecule has 25 heavy (non-hydrogen) atoms. The van der Waals surface area contributed by atoms with Crippen LogP contribution in [0.15, 0.2) is 50.7 Å². The highest BCUT2D eigenvalue weighted by atomic mass is 79.9. The summed E-state index contributed by atoms with van der Waals surface area (Å²) in [5, 5.41) is 1.95. The SMILES string of the molecule is Cc1oc(-c2cccs2)nc1CC(=O)OCCOc1ccc(Br)cc1. The standard InChI is InChI=1S/C18H16BrNO4S/c1-12-15(20-18(24-12)16-3-2-10-25-16)11-17(21)23-9-8-22-14-6-4-13(19)5-7-14/h2-7,10H,8-9,11H2,1H3. The molecule has 3 rings (SSSR count). The number of aryl methyl sites for hydroxylation is 1. The Labute approximate surface area is 157 Å². The van der Waals surface area contributed by atoms with Gasteiger partial charge >= 0.3 is 5.97 Å². The highest BCUT2D eigenvalue weighted by Crippen LogP contribution is 2.26. The summed E-state index contributed by atoms with van der Waals surface area (Å²) in [6.45, 7) is 2.28. The number of hydrogen-bond acceptors (Lipinski definition) is 6. The van der Waals surface area contributed by atoms with Crippen LogP contribution in [0.4, 0.5) is 0 Å². The summed E-state index contributed by atoms with van der Waals surface area (Å²) < 4.78 is 17.3. The minimum Gasteiger partial charge on any atom is -0.490 e. The lowest BCUT2D eigenvalue weighted by Crippen LogP contribution is -2.14. The van der Waals surface area contributed by atoms with Crippen molar-refractivity contribution in [3.8, 4) is 16.5 Å². The zero-order valence-corrected chi connectivity index (χ0v) is 15.9. The van der Waals surface area contributed by atoms with Crippen LogP contribution >= 0.6 is 27.3 Å². The third-order valence-electron chi connectivity index (χ3n) is 3.37. The third kappa shape index (κ3) is 4.93. The van der Waals surface area contributed by atoms with E-state index in [0.29, 0.717) is 24.0 Å². The second-order valence-electron chi connectivity index (χ2n) is 5.20. The molecule has 0 saturated heterocycles. The second-order valence-corrected chi connectivity index (χ2v) is 7.06. The molecule has 0 aliphatic heterocycles. The van der Waals surface area contributed by atoms with Crippen LogP contribution in [-0.2, 0) is 16.0 Å². The normalized spacial score (nSPS) is 10.6. The molecule has 0 aliphatic carbocycles. The number of thiophene rings is 1. The maximum Gasteiger partial charge on any atom is 0.312 e. The molecule has 0 saturated carbocycles. The fourth-order valence-corrected chi connectivity index (χ4v) is 3.04. The molecule has 0 atom stereocenters. The van der Waals surface area contributed by atoms with Gasteiger partial charge in [-0.05, 0) is 42.6 Å². The maximum absolute atomic E-state index is 12.0. The Morgan fingerprint density at radius 3 is 2.76 bits per heavy atom. The highest BCUT2D eigenvalue weighted by Gasteiger charge is 2.16. The maximum atomic E-state index is 12.0. The summed E-state index contributed by atoms with van der Waals surface area (Å²) in [7, 11) is 0. The van der Waals surface area contributed by atoms with Gasteiger partial charge in [0.1, 0.15) is 24.7 Å². The smallest absolute Gasteiger partial charge is 0.312 e. The molecule has 130 valence electrons. The van der Waals surface area contributed by atoms with Gasteiger partial charge in [-0.1, -0.05) is 22.0 Å². The van der Waals surface area contributed by atoms with Crippen molar-refractivity contribution in [2.75, 3.05) is 13.2 Å². The zero-order valence-electron chi connectivity index (χ0n) is 13.5.